The van der Waals surface area contributed by atoms with Crippen molar-refractivity contribution in [2.45, 2.75) is 240 Å². The average Bonchev–Trinajstić information content (AvgIpc) is 1.03. The van der Waals surface area contributed by atoms with E-state index in [0.29, 0.717) is 109 Å². The Kier molecular flexibility index (Phi) is 47.7. The number of nitrogens with zero attached hydrogens (tertiary/aromatic N) is 2. The predicted molar refractivity (Wildman–Crippen MR) is 368 cm³/mol. The van der Waals surface area contributed by atoms with E-state index in [1.807, 2.05) is 19.9 Å². The Hall–Kier alpha value is -5.17. The third-order valence-electron chi connectivity index (χ3n) is 17.0. The summed E-state index contributed by atoms with van der Waals surface area (Å²) >= 11 is 0. The average molecular weight is 1500 g/mol. The van der Waals surface area contributed by atoms with Gasteiger partial charge in [-0.3, -0.25) is 33.6 Å². The summed E-state index contributed by atoms with van der Waals surface area (Å²) in [6.07, 6.45) is -4.49. The molecule has 0 aliphatic carbocycles. The minimum Gasteiger partial charge on any atom is -0.394 e. The van der Waals surface area contributed by atoms with Crippen molar-refractivity contribution in [3.8, 4) is 0 Å². The van der Waals surface area contributed by atoms with Crippen LogP contribution in [-0.4, -0.2) is 317 Å². The molecule has 0 aromatic carbocycles. The molecule has 7 amide bonds. The quantitative estimate of drug-likeness (QED) is 0.0276. The fourth-order valence-corrected chi connectivity index (χ4v) is 11.0. The van der Waals surface area contributed by atoms with Crippen molar-refractivity contribution in [1.82, 2.24) is 37.2 Å². The molecule has 4 rings (SSSR count). The van der Waals surface area contributed by atoms with Gasteiger partial charge in [0, 0.05) is 130 Å². The normalized spacial score (nSPS) is 24.0. The zero-order chi connectivity index (χ0) is 75.7. The summed E-state index contributed by atoms with van der Waals surface area (Å²) in [6.45, 7) is 5.11. The van der Waals surface area contributed by atoms with Crippen LogP contribution < -0.4 is 37.2 Å². The van der Waals surface area contributed by atoms with Crippen LogP contribution in [0, 0.1) is 0 Å². The van der Waals surface area contributed by atoms with Crippen molar-refractivity contribution >= 4 is 41.4 Å². The van der Waals surface area contributed by atoms with Crippen molar-refractivity contribution in [1.29, 1.82) is 0 Å². The summed E-state index contributed by atoms with van der Waals surface area (Å²) in [5, 5.41) is 116. The summed E-state index contributed by atoms with van der Waals surface area (Å²) in [6, 6.07) is -0.233. The molecule has 0 spiro atoms. The molecular formula is C68H121N9O27. The lowest BCUT2D eigenvalue weighted by Gasteiger charge is -2.36. The van der Waals surface area contributed by atoms with Crippen LogP contribution >= 0.6 is 0 Å². The maximum absolute atomic E-state index is 14.0. The highest BCUT2D eigenvalue weighted by Gasteiger charge is 2.40. The van der Waals surface area contributed by atoms with Gasteiger partial charge in [-0.2, -0.15) is 10.2 Å². The number of aliphatic hydroxyl groups excluding tert-OH is 9. The molecular weight excluding hydrogens is 1370 g/mol. The molecule has 0 aromatic rings. The van der Waals surface area contributed by atoms with Gasteiger partial charge >= 0.3 is 0 Å². The number of aliphatic hydroxyl groups is 9. The Morgan fingerprint density at radius 2 is 0.798 bits per heavy atom. The first-order chi connectivity index (χ1) is 50.1. The van der Waals surface area contributed by atoms with E-state index in [1.54, 1.807) is 0 Å². The number of carbonyl (C=O) groups excluding carboxylic acids is 7. The molecule has 36 nitrogen and oxygen atoms in total. The molecule has 0 aromatic heterocycles. The van der Waals surface area contributed by atoms with E-state index in [9.17, 15) is 79.5 Å². The Labute approximate surface area is 608 Å². The van der Waals surface area contributed by atoms with E-state index in [2.05, 4.69) is 47.4 Å². The van der Waals surface area contributed by atoms with E-state index in [1.165, 1.54) is 0 Å². The fourth-order valence-electron chi connectivity index (χ4n) is 11.0. The lowest BCUT2D eigenvalue weighted by molar-refractivity contribution is -0.257. The Bertz CT molecular complexity index is 2280. The second-order valence-electron chi connectivity index (χ2n) is 26.4. The molecule has 13 atom stereocenters. The van der Waals surface area contributed by atoms with Gasteiger partial charge < -0.3 is 135 Å². The number of nitrogens with one attached hydrogen (secondary N) is 7. The van der Waals surface area contributed by atoms with Gasteiger partial charge in [0.25, 0.3) is 0 Å². The van der Waals surface area contributed by atoms with Crippen LogP contribution in [0.4, 0.5) is 0 Å². The first kappa shape index (κ1) is 91.2. The monoisotopic (exact) mass is 1500 g/mol. The number of hydrogen-bond donors (Lipinski definition) is 16. The minimum atomic E-state index is -1.43. The van der Waals surface area contributed by atoms with Gasteiger partial charge in [0.1, 0.15) is 42.2 Å². The zero-order valence-corrected chi connectivity index (χ0v) is 60.6. The Morgan fingerprint density at radius 1 is 0.442 bits per heavy atom. The number of unbranched alkanes of at least 4 members (excludes halogenated alkanes) is 3. The standard InChI is InChI=1S/C68H121N9O27/c1-46(2)98-35-34-94-30-17-48-36-47(76-77-48)15-16-61(90)75-68(43-95-31-18-58(87)72-24-9-21-69-55(84)12-3-6-27-99-62-37-49(81)65(91)52(40-78)102-62,44-96-32-19-59(88)73-25-10-22-70-56(85)13-4-7-28-100-63-38-50(82)66(92)53(41-79)103-63)45-97-33-20-60(89)74-26-11-23-71-57(86)14-5-8-29-101-64-39-51(83)67(93)54(42-80)104-64/h36,46,48-54,62-67,78-83,91-93H,3-35,37-45H2,1-2H3,(H,69,84)(H,70,85)(H,71,86)(H,72,87)(H,73,88)(H,74,89)(H,75,90)/t48?,49-,50-,51-,52-,53-,54-,62-,63-,64-,65-,66-,67-/m1/s1. The second kappa shape index (κ2) is 54.4. The molecule has 1 unspecified atom stereocenters. The SMILES string of the molecule is CC(C)OCCOCCC1C=C(CCC(=O)NC(COCCC(=O)NCCCNC(=O)CCCCO[C@H]2C[C@@H](O)[C@@H](O)[C@@H](CO)O2)(COCCC(=O)NCCCNC(=O)CCCCO[C@H]2C[C@@H](O)[C@@H](O)[C@@H](CO)O2)COCCC(=O)NCCCNC(=O)CCCCO[C@H]2C[C@@H](O)[C@@H](O)[C@@H](CO)O2)N=N1. The number of ether oxygens (including phenoxy) is 11. The van der Waals surface area contributed by atoms with Gasteiger partial charge in [-0.1, -0.05) is 0 Å². The van der Waals surface area contributed by atoms with Gasteiger partial charge in [-0.05, 0) is 90.6 Å². The molecule has 16 N–H and O–H groups in total. The number of hydrogen-bond acceptors (Lipinski definition) is 29. The lowest BCUT2D eigenvalue weighted by Crippen LogP contribution is -2.58. The molecule has 104 heavy (non-hydrogen) atoms. The van der Waals surface area contributed by atoms with Crippen molar-refractivity contribution in [3.05, 3.63) is 11.8 Å². The van der Waals surface area contributed by atoms with E-state index in [4.69, 9.17) is 52.1 Å². The number of allylic oxidation sites excluding steroid dienone is 1. The largest absolute Gasteiger partial charge is 0.394 e. The summed E-state index contributed by atoms with van der Waals surface area (Å²) in [4.78, 5) is 90.6. The van der Waals surface area contributed by atoms with Crippen LogP contribution in [0.15, 0.2) is 22.0 Å². The van der Waals surface area contributed by atoms with Crippen molar-refractivity contribution in [3.63, 3.8) is 0 Å². The van der Waals surface area contributed by atoms with Crippen LogP contribution in [0.1, 0.15) is 149 Å². The number of rotatable bonds is 59. The van der Waals surface area contributed by atoms with E-state index >= 15 is 0 Å². The van der Waals surface area contributed by atoms with Gasteiger partial charge in [-0.15, -0.1) is 0 Å². The first-order valence-corrected chi connectivity index (χ1v) is 36.8. The van der Waals surface area contributed by atoms with Gasteiger partial charge in [0.15, 0.2) is 18.9 Å². The molecule has 0 saturated carbocycles. The van der Waals surface area contributed by atoms with Crippen LogP contribution in [0.3, 0.4) is 0 Å². The number of amides is 7. The minimum absolute atomic E-state index is 0.0376. The molecule has 4 heterocycles. The topological polar surface area (TPSA) is 512 Å². The van der Waals surface area contributed by atoms with Gasteiger partial charge in [0.2, 0.25) is 41.4 Å². The first-order valence-electron chi connectivity index (χ1n) is 36.8. The van der Waals surface area contributed by atoms with Crippen LogP contribution in [-0.2, 0) is 85.7 Å². The van der Waals surface area contributed by atoms with Crippen molar-refractivity contribution in [2.24, 2.45) is 10.2 Å². The molecule has 36 heteroatoms. The maximum Gasteiger partial charge on any atom is 0.222 e. The highest BCUT2D eigenvalue weighted by Crippen LogP contribution is 2.25. The highest BCUT2D eigenvalue weighted by molar-refractivity contribution is 5.78. The van der Waals surface area contributed by atoms with Crippen molar-refractivity contribution < 1.29 is 132 Å². The highest BCUT2D eigenvalue weighted by atomic mass is 16.7. The molecule has 0 radical (unpaired) electrons. The van der Waals surface area contributed by atoms with E-state index < -0.39 is 105 Å². The number of carbonyl (C=O) groups is 7. The third kappa shape index (κ3) is 40.1. The fraction of sp³-hybridized carbons (Fsp3) is 0.868. The number of azo groups is 1. The Balaban J connectivity index is 1.26. The Morgan fingerprint density at radius 3 is 1.14 bits per heavy atom. The second-order valence-corrected chi connectivity index (χ2v) is 26.4. The van der Waals surface area contributed by atoms with Crippen LogP contribution in [0.2, 0.25) is 0 Å². The summed E-state index contributed by atoms with van der Waals surface area (Å²) in [5.41, 5.74) is -0.828. The maximum atomic E-state index is 14.0. The molecule has 4 aliphatic rings. The molecule has 0 bridgehead atoms. The summed E-state index contributed by atoms with van der Waals surface area (Å²) in [5.74, 6) is -2.05. The predicted octanol–water partition coefficient (Wildman–Crippen LogP) is -2.69. The van der Waals surface area contributed by atoms with E-state index in [0.717, 1.165) is 0 Å². The zero-order valence-electron chi connectivity index (χ0n) is 60.6. The molecule has 4 aliphatic heterocycles. The van der Waals surface area contributed by atoms with Crippen molar-refractivity contribution in [2.75, 3.05) is 138 Å². The summed E-state index contributed by atoms with van der Waals surface area (Å²) in [7, 11) is 0. The lowest BCUT2D eigenvalue weighted by atomic mass is 10.0. The molecule has 3 fully saturated rings. The smallest absolute Gasteiger partial charge is 0.222 e. The van der Waals surface area contributed by atoms with Crippen LogP contribution in [0.5, 0.6) is 0 Å². The third-order valence-corrected chi connectivity index (χ3v) is 17.0. The van der Waals surface area contributed by atoms with E-state index in [-0.39, 0.29) is 197 Å². The molecule has 3 saturated heterocycles. The summed E-state index contributed by atoms with van der Waals surface area (Å²) < 4.78 is 62.7. The van der Waals surface area contributed by atoms with Gasteiger partial charge in [0.05, 0.1) is 109 Å². The van der Waals surface area contributed by atoms with Crippen LogP contribution in [0.25, 0.3) is 0 Å². The molecule has 600 valence electrons. The van der Waals surface area contributed by atoms with Gasteiger partial charge in [-0.25, -0.2) is 0 Å².